The molecule has 5 heteroatoms. The zero-order valence-electron chi connectivity index (χ0n) is 10.7. The molecule has 100 valence electrons. The van der Waals surface area contributed by atoms with E-state index in [0.717, 1.165) is 13.9 Å². The van der Waals surface area contributed by atoms with Gasteiger partial charge in [-0.1, -0.05) is 57.7 Å². The van der Waals surface area contributed by atoms with Crippen LogP contribution >= 0.6 is 45.2 Å². The summed E-state index contributed by atoms with van der Waals surface area (Å²) in [7, 11) is 3.37. The number of rotatable bonds is 7. The number of alkyl halides is 2. The summed E-state index contributed by atoms with van der Waals surface area (Å²) >= 11 is 4.89. The summed E-state index contributed by atoms with van der Waals surface area (Å²) in [5, 5.41) is 0. The van der Waals surface area contributed by atoms with Crippen LogP contribution in [0.25, 0.3) is 0 Å². The Morgan fingerprint density at radius 2 is 2.00 bits per heavy atom. The third-order valence-electron chi connectivity index (χ3n) is 2.16. The van der Waals surface area contributed by atoms with Gasteiger partial charge in [-0.05, 0) is 31.8 Å². The Labute approximate surface area is 132 Å². The van der Waals surface area contributed by atoms with Gasteiger partial charge in [0.25, 0.3) is 0 Å². The normalized spacial score (nSPS) is 11.8. The average Bonchev–Trinajstić information content (AvgIpc) is 2.24. The molecule has 0 unspecified atom stereocenters. The van der Waals surface area contributed by atoms with Gasteiger partial charge in [0.15, 0.2) is 0 Å². The number of hydrogen-bond acceptors (Lipinski definition) is 2. The molecule has 17 heavy (non-hydrogen) atoms. The summed E-state index contributed by atoms with van der Waals surface area (Å²) in [5.41, 5.74) is 1.13. The molecule has 0 aliphatic carbocycles. The molecule has 0 rings (SSSR count). The van der Waals surface area contributed by atoms with Crippen LogP contribution in [0, 0.1) is 0 Å². The molecule has 0 aliphatic rings. The molecule has 0 N–H and O–H groups in total. The maximum Gasteiger partial charge on any atom is 0.409 e. The number of amides is 1. The fourth-order valence-electron chi connectivity index (χ4n) is 1.16. The number of ether oxygens (including phenoxy) is 1. The monoisotopic (exact) mass is 465 g/mol. The standard InChI is InChI=1S/C12H21I2NO2/c1-10(9-17-12(16)15(2)3)7-5-4-6-8-11(13)14/h7,11H,4-6,8-9H2,1-3H3/b10-7+. The van der Waals surface area contributed by atoms with Crippen molar-refractivity contribution in [2.24, 2.45) is 0 Å². The number of carbonyl (C=O) groups excluding carboxylic acids is 1. The lowest BCUT2D eigenvalue weighted by atomic mass is 10.1. The van der Waals surface area contributed by atoms with Crippen LogP contribution in [0.2, 0.25) is 0 Å². The summed E-state index contributed by atoms with van der Waals surface area (Å²) in [6, 6.07) is 0. The highest BCUT2D eigenvalue weighted by molar-refractivity contribution is 14.2. The third-order valence-corrected chi connectivity index (χ3v) is 3.40. The summed E-state index contributed by atoms with van der Waals surface area (Å²) < 4.78 is 5.81. The summed E-state index contributed by atoms with van der Waals surface area (Å²) in [4.78, 5) is 12.6. The first-order valence-electron chi connectivity index (χ1n) is 5.71. The lowest BCUT2D eigenvalue weighted by molar-refractivity contribution is 0.127. The highest BCUT2D eigenvalue weighted by Crippen LogP contribution is 2.18. The van der Waals surface area contributed by atoms with Crippen molar-refractivity contribution in [2.75, 3.05) is 20.7 Å². The van der Waals surface area contributed by atoms with Crippen molar-refractivity contribution < 1.29 is 9.53 Å². The van der Waals surface area contributed by atoms with Gasteiger partial charge < -0.3 is 9.64 Å². The van der Waals surface area contributed by atoms with Crippen LogP contribution < -0.4 is 0 Å². The van der Waals surface area contributed by atoms with Crippen molar-refractivity contribution in [2.45, 2.75) is 34.5 Å². The number of nitrogens with zero attached hydrogens (tertiary/aromatic N) is 1. The van der Waals surface area contributed by atoms with Gasteiger partial charge in [0, 0.05) is 14.1 Å². The quantitative estimate of drug-likeness (QED) is 0.242. The van der Waals surface area contributed by atoms with E-state index < -0.39 is 0 Å². The van der Waals surface area contributed by atoms with E-state index in [1.807, 2.05) is 6.92 Å². The molecule has 0 saturated heterocycles. The molecule has 0 aliphatic heterocycles. The van der Waals surface area contributed by atoms with Crippen LogP contribution in [0.3, 0.4) is 0 Å². The molecule has 0 radical (unpaired) electrons. The molecule has 3 nitrogen and oxygen atoms in total. The maximum atomic E-state index is 11.2. The molecule has 0 heterocycles. The molecule has 1 amide bonds. The molecule has 0 fully saturated rings. The zero-order chi connectivity index (χ0) is 13.3. The Morgan fingerprint density at radius 1 is 1.35 bits per heavy atom. The predicted octanol–water partition coefficient (Wildman–Crippen LogP) is 4.39. The molecule has 0 aromatic carbocycles. The van der Waals surface area contributed by atoms with Crippen molar-refractivity contribution in [3.05, 3.63) is 11.6 Å². The molecule has 0 aromatic heterocycles. The molecule has 0 bridgehead atoms. The Balaban J connectivity index is 3.61. The molecule has 0 spiro atoms. The van der Waals surface area contributed by atoms with Crippen molar-refractivity contribution in [1.29, 1.82) is 0 Å². The SMILES string of the molecule is C/C(=C\CCCCC(I)I)COC(=O)N(C)C. The van der Waals surface area contributed by atoms with Crippen LogP contribution in [0.1, 0.15) is 32.6 Å². The van der Waals surface area contributed by atoms with Gasteiger partial charge in [-0.3, -0.25) is 0 Å². The average molecular weight is 465 g/mol. The molecule has 0 saturated carbocycles. The minimum Gasteiger partial charge on any atom is -0.445 e. The Morgan fingerprint density at radius 3 is 2.53 bits per heavy atom. The number of carbonyl (C=O) groups is 1. The van der Waals surface area contributed by atoms with Gasteiger partial charge in [0.1, 0.15) is 6.61 Å². The van der Waals surface area contributed by atoms with E-state index in [1.54, 1.807) is 14.1 Å². The lowest BCUT2D eigenvalue weighted by Gasteiger charge is -2.11. The summed E-state index contributed by atoms with van der Waals surface area (Å²) in [6.07, 6.45) is 6.70. The van der Waals surface area contributed by atoms with E-state index in [2.05, 4.69) is 51.3 Å². The first-order valence-corrected chi connectivity index (χ1v) is 8.20. The van der Waals surface area contributed by atoms with Crippen LogP contribution in [0.5, 0.6) is 0 Å². The minimum atomic E-state index is -0.282. The Bertz CT molecular complexity index is 253. The summed E-state index contributed by atoms with van der Waals surface area (Å²) in [6.45, 7) is 2.40. The van der Waals surface area contributed by atoms with Gasteiger partial charge >= 0.3 is 6.09 Å². The van der Waals surface area contributed by atoms with Crippen LogP contribution in [0.4, 0.5) is 4.79 Å². The van der Waals surface area contributed by atoms with E-state index in [9.17, 15) is 4.79 Å². The Hall–Kier alpha value is 0.470. The third kappa shape index (κ3) is 11.3. The molecule has 0 aromatic rings. The molecular formula is C12H21I2NO2. The fraction of sp³-hybridized carbons (Fsp3) is 0.750. The van der Waals surface area contributed by atoms with Gasteiger partial charge in [0.05, 0.1) is 1.93 Å². The van der Waals surface area contributed by atoms with Crippen molar-refractivity contribution in [3.8, 4) is 0 Å². The minimum absolute atomic E-state index is 0.282. The maximum absolute atomic E-state index is 11.2. The van der Waals surface area contributed by atoms with E-state index >= 15 is 0 Å². The van der Waals surface area contributed by atoms with Gasteiger partial charge in [-0.2, -0.15) is 0 Å². The lowest BCUT2D eigenvalue weighted by Crippen LogP contribution is -2.23. The van der Waals surface area contributed by atoms with E-state index in [4.69, 9.17) is 4.74 Å². The van der Waals surface area contributed by atoms with Crippen LogP contribution in [-0.4, -0.2) is 33.6 Å². The molecular weight excluding hydrogens is 444 g/mol. The van der Waals surface area contributed by atoms with E-state index in [0.29, 0.717) is 6.61 Å². The second kappa shape index (κ2) is 10.4. The predicted molar refractivity (Wildman–Crippen MR) is 89.1 cm³/mol. The smallest absolute Gasteiger partial charge is 0.409 e. The summed E-state index contributed by atoms with van der Waals surface area (Å²) in [5.74, 6) is 0. The first kappa shape index (κ1) is 17.5. The Kier molecular flexibility index (Phi) is 10.7. The van der Waals surface area contributed by atoms with Crippen molar-refractivity contribution in [3.63, 3.8) is 0 Å². The number of allylic oxidation sites excluding steroid dienone is 1. The number of halogens is 2. The van der Waals surface area contributed by atoms with E-state index in [-0.39, 0.29) is 6.09 Å². The van der Waals surface area contributed by atoms with Gasteiger partial charge in [0.2, 0.25) is 0 Å². The highest BCUT2D eigenvalue weighted by atomic mass is 127. The molecule has 0 atom stereocenters. The highest BCUT2D eigenvalue weighted by Gasteiger charge is 2.03. The second-order valence-corrected chi connectivity index (χ2v) is 9.57. The van der Waals surface area contributed by atoms with Crippen LogP contribution in [0.15, 0.2) is 11.6 Å². The van der Waals surface area contributed by atoms with Crippen LogP contribution in [-0.2, 0) is 4.74 Å². The topological polar surface area (TPSA) is 29.5 Å². The van der Waals surface area contributed by atoms with Crippen molar-refractivity contribution in [1.82, 2.24) is 4.90 Å². The fourth-order valence-corrected chi connectivity index (χ4v) is 2.04. The second-order valence-electron chi connectivity index (χ2n) is 4.18. The van der Waals surface area contributed by atoms with Crippen molar-refractivity contribution >= 4 is 51.3 Å². The van der Waals surface area contributed by atoms with Gasteiger partial charge in [-0.15, -0.1) is 0 Å². The van der Waals surface area contributed by atoms with E-state index in [1.165, 1.54) is 24.2 Å². The number of unbranched alkanes of at least 4 members (excludes halogenated alkanes) is 2. The van der Waals surface area contributed by atoms with Gasteiger partial charge in [-0.25, -0.2) is 4.79 Å². The largest absolute Gasteiger partial charge is 0.445 e. The first-order chi connectivity index (χ1) is 7.93. The zero-order valence-corrected chi connectivity index (χ0v) is 15.0. The number of hydrogen-bond donors (Lipinski definition) is 0.